The van der Waals surface area contributed by atoms with E-state index in [9.17, 15) is 17.2 Å². The predicted molar refractivity (Wildman–Crippen MR) is 26.4 cm³/mol. The van der Waals surface area contributed by atoms with Crippen LogP contribution in [0.25, 0.3) is 0 Å². The molecule has 1 unspecified atom stereocenters. The average Bonchev–Trinajstić information content (AvgIpc) is 1.59. The van der Waals surface area contributed by atoms with Crippen molar-refractivity contribution in [2.75, 3.05) is 5.94 Å². The molecule has 0 aromatic heterocycles. The van der Waals surface area contributed by atoms with Crippen LogP contribution < -0.4 is 0 Å². The molecular weight excluding hydrogens is 172 g/mol. The number of hydrogen-bond acceptors (Lipinski definition) is 5. The van der Waals surface area contributed by atoms with Crippen molar-refractivity contribution in [3.05, 3.63) is 0 Å². The van der Waals surface area contributed by atoms with E-state index >= 15 is 0 Å². The summed E-state index contributed by atoms with van der Waals surface area (Å²) in [6, 6.07) is 0. The highest BCUT2D eigenvalue weighted by molar-refractivity contribution is 7.83. The van der Waals surface area contributed by atoms with Crippen LogP contribution in [0.2, 0.25) is 0 Å². The molecule has 0 heterocycles. The standard InChI is InChI=1S/CH4O6S2/c2-8(3)1-7-9(4,5)6/h1H2,(H,2,3)(H,4,5,6)/p-1. The smallest absolute Gasteiger partial charge is 0.398 e. The Balaban J connectivity index is 3.67. The summed E-state index contributed by atoms with van der Waals surface area (Å²) < 4.78 is 49.4. The Kier molecular flexibility index (Phi) is 3.22. The first-order valence-electron chi connectivity index (χ1n) is 1.59. The molecule has 0 aliphatic carbocycles. The van der Waals surface area contributed by atoms with Gasteiger partial charge >= 0.3 is 10.4 Å². The monoisotopic (exact) mass is 175 g/mol. The fourth-order valence-corrected chi connectivity index (χ4v) is 0.901. The highest BCUT2D eigenvalue weighted by Crippen LogP contribution is 1.85. The zero-order chi connectivity index (χ0) is 7.49. The molecule has 0 saturated heterocycles. The molecule has 0 saturated carbocycles. The van der Waals surface area contributed by atoms with Crippen molar-refractivity contribution < 1.29 is 25.9 Å². The second kappa shape index (κ2) is 3.22. The maximum Gasteiger partial charge on any atom is 0.398 e. The zero-order valence-corrected chi connectivity index (χ0v) is 5.65. The maximum atomic E-state index is 9.60. The molecule has 0 rings (SSSR count). The molecule has 0 aliphatic rings. The molecule has 1 N–H and O–H groups in total. The summed E-state index contributed by atoms with van der Waals surface area (Å²) >= 11 is -2.62. The number of hydrogen-bond donors (Lipinski definition) is 1. The van der Waals surface area contributed by atoms with Crippen molar-refractivity contribution in [1.29, 1.82) is 0 Å². The normalized spacial score (nSPS) is 15.3. The summed E-state index contributed by atoms with van der Waals surface area (Å²) in [4.78, 5) is 0. The molecule has 0 amide bonds. The highest BCUT2D eigenvalue weighted by atomic mass is 32.3. The lowest BCUT2D eigenvalue weighted by Crippen LogP contribution is -2.08. The van der Waals surface area contributed by atoms with Gasteiger partial charge in [0.15, 0.2) is 0 Å². The molecular formula is CH3O6S2-. The first-order chi connectivity index (χ1) is 3.92. The average molecular weight is 175 g/mol. The lowest BCUT2D eigenvalue weighted by molar-refractivity contribution is 0.303. The fraction of sp³-hybridized carbons (Fsp3) is 1.00. The van der Waals surface area contributed by atoms with Gasteiger partial charge < -0.3 is 4.55 Å². The van der Waals surface area contributed by atoms with Crippen LogP contribution in [0, 0.1) is 0 Å². The van der Waals surface area contributed by atoms with Crippen LogP contribution in [0.1, 0.15) is 0 Å². The van der Waals surface area contributed by atoms with Crippen LogP contribution in [0.5, 0.6) is 0 Å². The van der Waals surface area contributed by atoms with E-state index in [1.165, 1.54) is 0 Å². The third-order valence-electron chi connectivity index (χ3n) is 0.293. The van der Waals surface area contributed by atoms with Gasteiger partial charge in [0.05, 0.1) is 0 Å². The van der Waals surface area contributed by atoms with Crippen molar-refractivity contribution in [2.24, 2.45) is 0 Å². The van der Waals surface area contributed by atoms with E-state index in [1.807, 2.05) is 0 Å². The summed E-state index contributed by atoms with van der Waals surface area (Å²) in [6.45, 7) is 0. The van der Waals surface area contributed by atoms with Gasteiger partial charge in [-0.2, -0.15) is 8.42 Å². The van der Waals surface area contributed by atoms with E-state index in [0.717, 1.165) is 0 Å². The van der Waals surface area contributed by atoms with Crippen LogP contribution in [0.15, 0.2) is 0 Å². The van der Waals surface area contributed by atoms with Gasteiger partial charge in [-0.05, 0) is 11.1 Å². The topological polar surface area (TPSA) is 104 Å². The van der Waals surface area contributed by atoms with Gasteiger partial charge in [-0.25, -0.2) is 4.18 Å². The van der Waals surface area contributed by atoms with Crippen molar-refractivity contribution in [3.63, 3.8) is 0 Å². The third-order valence-corrected chi connectivity index (χ3v) is 1.17. The Hall–Kier alpha value is -0.0200. The molecule has 6 nitrogen and oxygen atoms in total. The first-order valence-corrected chi connectivity index (χ1v) is 4.20. The Morgan fingerprint density at radius 2 is 2.11 bits per heavy atom. The molecule has 1 atom stereocenters. The van der Waals surface area contributed by atoms with Crippen molar-refractivity contribution in [2.45, 2.75) is 0 Å². The SMILES string of the molecule is O=S([O-])COS(=O)(=O)O. The minimum Gasteiger partial charge on any atom is -0.771 e. The highest BCUT2D eigenvalue weighted by Gasteiger charge is 2.01. The summed E-state index contributed by atoms with van der Waals surface area (Å²) in [7, 11) is -4.61. The van der Waals surface area contributed by atoms with E-state index in [1.54, 1.807) is 0 Å². The third kappa shape index (κ3) is 7.98. The van der Waals surface area contributed by atoms with E-state index in [-0.39, 0.29) is 0 Å². The lowest BCUT2D eigenvalue weighted by Gasteiger charge is -2.01. The summed E-state index contributed by atoms with van der Waals surface area (Å²) in [5.41, 5.74) is 0. The summed E-state index contributed by atoms with van der Waals surface area (Å²) in [6.07, 6.45) is 0. The molecule has 0 aromatic carbocycles. The minimum atomic E-state index is -4.61. The van der Waals surface area contributed by atoms with Crippen LogP contribution in [0.3, 0.4) is 0 Å². The predicted octanol–water partition coefficient (Wildman–Crippen LogP) is -1.36. The van der Waals surface area contributed by atoms with Crippen LogP contribution >= 0.6 is 0 Å². The Labute approximate surface area is 54.1 Å². The quantitative estimate of drug-likeness (QED) is 0.419. The molecule has 0 radical (unpaired) electrons. The second-order valence-electron chi connectivity index (χ2n) is 0.967. The van der Waals surface area contributed by atoms with Gasteiger partial charge in [-0.1, -0.05) is 0 Å². The van der Waals surface area contributed by atoms with E-state index in [0.29, 0.717) is 0 Å². The van der Waals surface area contributed by atoms with Gasteiger partial charge in [0.1, 0.15) is 5.94 Å². The molecule has 0 fully saturated rings. The molecule has 8 heteroatoms. The zero-order valence-electron chi connectivity index (χ0n) is 4.01. The summed E-state index contributed by atoms with van der Waals surface area (Å²) in [5, 5.41) is 0. The molecule has 56 valence electrons. The lowest BCUT2D eigenvalue weighted by atomic mass is 11.7. The molecule has 0 aliphatic heterocycles. The second-order valence-corrected chi connectivity index (χ2v) is 2.90. The van der Waals surface area contributed by atoms with Gasteiger partial charge in [0.25, 0.3) is 0 Å². The maximum absolute atomic E-state index is 9.60. The van der Waals surface area contributed by atoms with Gasteiger partial charge in [-0.15, -0.1) is 0 Å². The van der Waals surface area contributed by atoms with Crippen LogP contribution in [-0.2, 0) is 25.7 Å². The minimum absolute atomic E-state index is 1.06. The Morgan fingerprint density at radius 1 is 1.67 bits per heavy atom. The van der Waals surface area contributed by atoms with Crippen molar-refractivity contribution in [3.8, 4) is 0 Å². The van der Waals surface area contributed by atoms with Crippen molar-refractivity contribution in [1.82, 2.24) is 0 Å². The van der Waals surface area contributed by atoms with Gasteiger partial charge in [0, 0.05) is 0 Å². The van der Waals surface area contributed by atoms with E-state index < -0.39 is 27.4 Å². The van der Waals surface area contributed by atoms with E-state index in [2.05, 4.69) is 4.18 Å². The van der Waals surface area contributed by atoms with Crippen LogP contribution in [0.4, 0.5) is 0 Å². The van der Waals surface area contributed by atoms with Gasteiger partial charge in [0.2, 0.25) is 0 Å². The van der Waals surface area contributed by atoms with Gasteiger partial charge in [-0.3, -0.25) is 8.76 Å². The first kappa shape index (κ1) is 8.98. The molecule has 0 bridgehead atoms. The summed E-state index contributed by atoms with van der Waals surface area (Å²) in [5.74, 6) is -1.06. The molecule has 0 aromatic rings. The van der Waals surface area contributed by atoms with E-state index in [4.69, 9.17) is 4.55 Å². The molecule has 9 heavy (non-hydrogen) atoms. The Morgan fingerprint density at radius 3 is 2.22 bits per heavy atom. The fourth-order valence-electron chi connectivity index (χ4n) is 0.100. The van der Waals surface area contributed by atoms with Crippen molar-refractivity contribution >= 4 is 21.5 Å². The largest absolute Gasteiger partial charge is 0.771 e. The Bertz CT molecular complexity index is 189. The van der Waals surface area contributed by atoms with Crippen LogP contribution in [-0.4, -0.2) is 27.7 Å². The number of rotatable bonds is 3. The molecule has 0 spiro atoms.